The number of non-ortho nitro benzene ring substituents is 1. The van der Waals surface area contributed by atoms with Gasteiger partial charge in [0.05, 0.1) is 16.9 Å². The topological polar surface area (TPSA) is 111 Å². The van der Waals surface area contributed by atoms with E-state index in [1.807, 2.05) is 24.3 Å². The van der Waals surface area contributed by atoms with Crippen molar-refractivity contribution < 1.29 is 18.1 Å². The third-order valence-electron chi connectivity index (χ3n) is 4.67. The highest BCUT2D eigenvalue weighted by Crippen LogP contribution is 2.28. The Labute approximate surface area is 169 Å². The fourth-order valence-electron chi connectivity index (χ4n) is 3.26. The zero-order valence-electron chi connectivity index (χ0n) is 15.2. The second-order valence-electron chi connectivity index (χ2n) is 6.35. The molecule has 0 radical (unpaired) electrons. The lowest BCUT2D eigenvalue weighted by Gasteiger charge is -2.33. The van der Waals surface area contributed by atoms with Gasteiger partial charge in [-0.2, -0.15) is 0 Å². The van der Waals surface area contributed by atoms with E-state index in [9.17, 15) is 18.5 Å². The fraction of sp³-hybridized carbons (Fsp3) is 0.333. The highest BCUT2D eigenvalue weighted by molar-refractivity contribution is 7.89. The van der Waals surface area contributed by atoms with E-state index in [1.165, 1.54) is 18.2 Å². The van der Waals surface area contributed by atoms with E-state index in [0.717, 1.165) is 30.3 Å². The average Bonchev–Trinajstić information content (AvgIpc) is 2.68. The predicted molar refractivity (Wildman–Crippen MR) is 108 cm³/mol. The number of methoxy groups -OCH3 is 1. The van der Waals surface area contributed by atoms with Gasteiger partial charge in [-0.05, 0) is 36.7 Å². The van der Waals surface area contributed by atoms with Crippen molar-refractivity contribution in [3.8, 4) is 5.75 Å². The fourth-order valence-corrected chi connectivity index (χ4v) is 4.58. The van der Waals surface area contributed by atoms with E-state index in [1.54, 1.807) is 7.11 Å². The molecule has 1 aliphatic rings. The first kappa shape index (κ1) is 22.1. The maximum absolute atomic E-state index is 12.8. The number of benzene rings is 2. The number of rotatable bonds is 6. The first-order chi connectivity index (χ1) is 12.9. The van der Waals surface area contributed by atoms with Gasteiger partial charge in [0.25, 0.3) is 5.69 Å². The molecule has 2 unspecified atom stereocenters. The van der Waals surface area contributed by atoms with Crippen LogP contribution in [-0.2, 0) is 10.0 Å². The molecule has 10 heteroatoms. The van der Waals surface area contributed by atoms with Gasteiger partial charge in [0.2, 0.25) is 10.0 Å². The minimum atomic E-state index is -3.89. The molecule has 1 heterocycles. The molecule has 1 fully saturated rings. The Morgan fingerprint density at radius 1 is 1.21 bits per heavy atom. The molecule has 2 N–H and O–H groups in total. The van der Waals surface area contributed by atoms with Gasteiger partial charge in [-0.1, -0.05) is 18.2 Å². The van der Waals surface area contributed by atoms with Gasteiger partial charge in [-0.25, -0.2) is 13.1 Å². The van der Waals surface area contributed by atoms with Crippen molar-refractivity contribution in [1.29, 1.82) is 0 Å². The molecule has 2 aromatic rings. The molecule has 2 aromatic carbocycles. The molecule has 152 valence electrons. The summed E-state index contributed by atoms with van der Waals surface area (Å²) >= 11 is 0. The van der Waals surface area contributed by atoms with Gasteiger partial charge >= 0.3 is 0 Å². The molecule has 1 saturated heterocycles. The van der Waals surface area contributed by atoms with Gasteiger partial charge in [-0.3, -0.25) is 10.1 Å². The maximum atomic E-state index is 12.8. The summed E-state index contributed by atoms with van der Waals surface area (Å²) in [5.74, 6) is 0.729. The molecule has 0 saturated carbocycles. The zero-order chi connectivity index (χ0) is 19.4. The summed E-state index contributed by atoms with van der Waals surface area (Å²) in [7, 11) is -2.30. The molecule has 0 aliphatic carbocycles. The Hall–Kier alpha value is -2.20. The Balaban J connectivity index is 0.00000280. The lowest BCUT2D eigenvalue weighted by atomic mass is 9.86. The van der Waals surface area contributed by atoms with E-state index in [4.69, 9.17) is 4.74 Å². The first-order valence-corrected chi connectivity index (χ1v) is 10.0. The van der Waals surface area contributed by atoms with Crippen LogP contribution < -0.4 is 14.8 Å². The third kappa shape index (κ3) is 4.99. The molecule has 0 amide bonds. The largest absolute Gasteiger partial charge is 0.497 e. The van der Waals surface area contributed by atoms with Crippen LogP contribution in [0.5, 0.6) is 5.75 Å². The molecule has 8 nitrogen and oxygen atoms in total. The van der Waals surface area contributed by atoms with Gasteiger partial charge in [0.15, 0.2) is 0 Å². The number of nitrogens with zero attached hydrogens (tertiary/aromatic N) is 1. The molecule has 1 aliphatic heterocycles. The highest BCUT2D eigenvalue weighted by atomic mass is 35.5. The van der Waals surface area contributed by atoms with Crippen molar-refractivity contribution >= 4 is 28.1 Å². The molecule has 0 spiro atoms. The number of nitrogens with one attached hydrogen (secondary N) is 2. The van der Waals surface area contributed by atoms with E-state index in [0.29, 0.717) is 6.54 Å². The summed E-state index contributed by atoms with van der Waals surface area (Å²) in [4.78, 5) is 10.2. The standard InChI is InChI=1S/C18H21N3O5S.ClH/c1-26-15-7-5-13(6-8-15)17-9-10-19-12-18(17)20-27(24,25)16-4-2-3-14(11-16)21(22)23;/h2-8,11,17-20H,9-10,12H2,1H3;1H. The third-order valence-corrected chi connectivity index (χ3v) is 6.16. The van der Waals surface area contributed by atoms with Gasteiger partial charge < -0.3 is 10.1 Å². The number of hydrogen-bond acceptors (Lipinski definition) is 6. The predicted octanol–water partition coefficient (Wildman–Crippen LogP) is 2.45. The van der Waals surface area contributed by atoms with Crippen molar-refractivity contribution in [3.05, 3.63) is 64.2 Å². The zero-order valence-corrected chi connectivity index (χ0v) is 16.8. The molecule has 0 bridgehead atoms. The number of nitro benzene ring substituents is 1. The summed E-state index contributed by atoms with van der Waals surface area (Å²) < 4.78 is 33.4. The van der Waals surface area contributed by atoms with Crippen molar-refractivity contribution in [3.63, 3.8) is 0 Å². The Morgan fingerprint density at radius 3 is 2.57 bits per heavy atom. The Kier molecular flexibility index (Phi) is 7.36. The molecule has 2 atom stereocenters. The van der Waals surface area contributed by atoms with Crippen LogP contribution in [0.3, 0.4) is 0 Å². The van der Waals surface area contributed by atoms with Crippen LogP contribution in [0.25, 0.3) is 0 Å². The lowest BCUT2D eigenvalue weighted by molar-refractivity contribution is -0.385. The van der Waals surface area contributed by atoms with E-state index in [2.05, 4.69) is 10.0 Å². The first-order valence-electron chi connectivity index (χ1n) is 8.52. The quantitative estimate of drug-likeness (QED) is 0.541. The van der Waals surface area contributed by atoms with Gasteiger partial charge in [0, 0.05) is 30.6 Å². The van der Waals surface area contributed by atoms with E-state index in [-0.39, 0.29) is 34.9 Å². The molecule has 28 heavy (non-hydrogen) atoms. The van der Waals surface area contributed by atoms with Crippen LogP contribution in [-0.4, -0.2) is 39.6 Å². The van der Waals surface area contributed by atoms with Gasteiger partial charge in [0.1, 0.15) is 5.75 Å². The minimum absolute atomic E-state index is 0. The molecular formula is C18H22ClN3O5S. The Bertz CT molecular complexity index is 921. The van der Waals surface area contributed by atoms with Crippen molar-refractivity contribution in [2.75, 3.05) is 20.2 Å². The summed E-state index contributed by atoms with van der Waals surface area (Å²) in [6.07, 6.45) is 0.772. The Morgan fingerprint density at radius 2 is 1.93 bits per heavy atom. The van der Waals surface area contributed by atoms with Crippen LogP contribution in [0.2, 0.25) is 0 Å². The molecule has 0 aromatic heterocycles. The maximum Gasteiger partial charge on any atom is 0.270 e. The second kappa shape index (κ2) is 9.33. The highest BCUT2D eigenvalue weighted by Gasteiger charge is 2.31. The van der Waals surface area contributed by atoms with Crippen LogP contribution in [0.15, 0.2) is 53.4 Å². The number of halogens is 1. The molecular weight excluding hydrogens is 406 g/mol. The average molecular weight is 428 g/mol. The minimum Gasteiger partial charge on any atom is -0.497 e. The van der Waals surface area contributed by atoms with Crippen LogP contribution in [0.4, 0.5) is 5.69 Å². The summed E-state index contributed by atoms with van der Waals surface area (Å²) in [5.41, 5.74) is 0.760. The van der Waals surface area contributed by atoms with Crippen LogP contribution in [0, 0.1) is 10.1 Å². The normalized spacial score (nSPS) is 19.5. The van der Waals surface area contributed by atoms with Crippen LogP contribution >= 0.6 is 12.4 Å². The smallest absolute Gasteiger partial charge is 0.270 e. The summed E-state index contributed by atoms with van der Waals surface area (Å²) in [6, 6.07) is 12.3. The second-order valence-corrected chi connectivity index (χ2v) is 8.07. The van der Waals surface area contributed by atoms with Crippen molar-refractivity contribution in [2.45, 2.75) is 23.3 Å². The number of sulfonamides is 1. The van der Waals surface area contributed by atoms with E-state index < -0.39 is 14.9 Å². The molecule has 3 rings (SSSR count). The van der Waals surface area contributed by atoms with E-state index >= 15 is 0 Å². The van der Waals surface area contributed by atoms with Crippen molar-refractivity contribution in [2.24, 2.45) is 0 Å². The number of ether oxygens (including phenoxy) is 1. The number of nitro groups is 1. The van der Waals surface area contributed by atoms with Crippen molar-refractivity contribution in [1.82, 2.24) is 10.0 Å². The summed E-state index contributed by atoms with van der Waals surface area (Å²) in [5, 5.41) is 14.1. The monoisotopic (exact) mass is 427 g/mol. The van der Waals surface area contributed by atoms with Crippen LogP contribution in [0.1, 0.15) is 17.9 Å². The summed E-state index contributed by atoms with van der Waals surface area (Å²) in [6.45, 7) is 1.26. The number of hydrogen-bond donors (Lipinski definition) is 2. The van der Waals surface area contributed by atoms with Gasteiger partial charge in [-0.15, -0.1) is 12.4 Å². The lowest BCUT2D eigenvalue weighted by Crippen LogP contribution is -2.49. The SMILES string of the molecule is COc1ccc(C2CCNCC2NS(=O)(=O)c2cccc([N+](=O)[O-])c2)cc1.Cl. The number of piperidine rings is 1.